The van der Waals surface area contributed by atoms with E-state index in [2.05, 4.69) is 6.58 Å². The van der Waals surface area contributed by atoms with Crippen molar-refractivity contribution in [2.24, 2.45) is 0 Å². The number of benzene rings is 2. The Morgan fingerprint density at radius 1 is 0.833 bits per heavy atom. The number of esters is 1. The van der Waals surface area contributed by atoms with E-state index in [9.17, 15) is 9.59 Å². The summed E-state index contributed by atoms with van der Waals surface area (Å²) in [6, 6.07) is 13.6. The molecule has 1 saturated heterocycles. The molecule has 0 N–H and O–H groups in total. The Balaban J connectivity index is 1.62. The van der Waals surface area contributed by atoms with Crippen molar-refractivity contribution in [1.82, 2.24) is 4.90 Å². The number of rotatable bonds is 1. The van der Waals surface area contributed by atoms with Crippen LogP contribution in [-0.4, -0.2) is 76.1 Å². The molecule has 1 aliphatic heterocycles. The van der Waals surface area contributed by atoms with Gasteiger partial charge in [-0.3, -0.25) is 4.79 Å². The molecule has 1 fully saturated rings. The van der Waals surface area contributed by atoms with Gasteiger partial charge in [-0.05, 0) is 22.9 Å². The zero-order valence-corrected chi connectivity index (χ0v) is 17.0. The minimum atomic E-state index is -0.500. The quantitative estimate of drug-likeness (QED) is 0.528. The fourth-order valence-corrected chi connectivity index (χ4v) is 3.04. The van der Waals surface area contributed by atoms with Gasteiger partial charge in [0.15, 0.2) is 0 Å². The number of hydrogen-bond donors (Lipinski definition) is 0. The summed E-state index contributed by atoms with van der Waals surface area (Å²) < 4.78 is 21.6. The molecule has 3 rings (SSSR count). The lowest BCUT2D eigenvalue weighted by Gasteiger charge is -2.23. The predicted octanol–water partition coefficient (Wildman–Crippen LogP) is 2.44. The second kappa shape index (κ2) is 11.4. The highest BCUT2D eigenvalue weighted by atomic mass is 16.6. The Morgan fingerprint density at radius 3 is 2.27 bits per heavy atom. The van der Waals surface area contributed by atoms with Gasteiger partial charge in [0, 0.05) is 18.7 Å². The summed E-state index contributed by atoms with van der Waals surface area (Å²) in [4.78, 5) is 26.5. The Labute approximate surface area is 176 Å². The first-order valence-electron chi connectivity index (χ1n) is 10.0. The molecule has 30 heavy (non-hydrogen) atoms. The highest BCUT2D eigenvalue weighted by Crippen LogP contribution is 2.17. The molecule has 160 valence electrons. The lowest BCUT2D eigenvalue weighted by atomic mass is 10.1. The third-order valence-electron chi connectivity index (χ3n) is 4.69. The van der Waals surface area contributed by atoms with Crippen LogP contribution >= 0.6 is 0 Å². The zero-order valence-electron chi connectivity index (χ0n) is 17.0. The number of fused-ring (bicyclic) bond motifs is 1. The smallest absolute Gasteiger partial charge is 0.335 e. The van der Waals surface area contributed by atoms with E-state index in [0.29, 0.717) is 45.1 Å². The average molecular weight is 413 g/mol. The van der Waals surface area contributed by atoms with Gasteiger partial charge in [0.25, 0.3) is 5.91 Å². The molecule has 0 aromatic heterocycles. The van der Waals surface area contributed by atoms with E-state index < -0.39 is 5.97 Å². The third-order valence-corrected chi connectivity index (χ3v) is 4.69. The van der Waals surface area contributed by atoms with E-state index in [4.69, 9.17) is 18.9 Å². The summed E-state index contributed by atoms with van der Waals surface area (Å²) in [5.41, 5.74) is 0.883. The monoisotopic (exact) mass is 413 g/mol. The minimum absolute atomic E-state index is 0.0759. The van der Waals surface area contributed by atoms with Crippen molar-refractivity contribution in [3.05, 3.63) is 60.2 Å². The van der Waals surface area contributed by atoms with Crippen molar-refractivity contribution < 1.29 is 28.5 Å². The van der Waals surface area contributed by atoms with Crippen molar-refractivity contribution in [1.29, 1.82) is 0 Å². The molecule has 7 heteroatoms. The molecule has 0 bridgehead atoms. The van der Waals surface area contributed by atoms with E-state index >= 15 is 0 Å². The fourth-order valence-electron chi connectivity index (χ4n) is 3.04. The van der Waals surface area contributed by atoms with Gasteiger partial charge in [0.2, 0.25) is 0 Å². The highest BCUT2D eigenvalue weighted by Gasteiger charge is 2.16. The first kappa shape index (κ1) is 22.0. The summed E-state index contributed by atoms with van der Waals surface area (Å²) in [7, 11) is 0. The third kappa shape index (κ3) is 6.38. The van der Waals surface area contributed by atoms with Crippen molar-refractivity contribution in [3.8, 4) is 0 Å². The summed E-state index contributed by atoms with van der Waals surface area (Å²) in [6.45, 7) is 6.36. The minimum Gasteiger partial charge on any atom is -0.460 e. The van der Waals surface area contributed by atoms with Gasteiger partial charge >= 0.3 is 5.97 Å². The molecular formula is C23H27NO6. The number of ether oxygens (including phenoxy) is 4. The first-order chi connectivity index (χ1) is 14.6. The Kier molecular flexibility index (Phi) is 8.38. The molecule has 2 aromatic carbocycles. The second-order valence-corrected chi connectivity index (χ2v) is 6.87. The molecule has 0 saturated carbocycles. The SMILES string of the molecule is C=C1COCCOCCN(C(=O)c2ccc3ccccc3c2)CCOCCOC1=O. The molecule has 0 spiro atoms. The van der Waals surface area contributed by atoms with Crippen LogP contribution in [0, 0.1) is 0 Å². The summed E-state index contributed by atoms with van der Waals surface area (Å²) in [5.74, 6) is -0.576. The van der Waals surface area contributed by atoms with Crippen LogP contribution in [0.4, 0.5) is 0 Å². The molecule has 0 aliphatic carbocycles. The fraction of sp³-hybridized carbons (Fsp3) is 0.391. The molecule has 0 unspecified atom stereocenters. The maximum Gasteiger partial charge on any atom is 0.335 e. The molecular weight excluding hydrogens is 386 g/mol. The molecule has 0 radical (unpaired) electrons. The Morgan fingerprint density at radius 2 is 1.50 bits per heavy atom. The van der Waals surface area contributed by atoms with E-state index in [1.165, 1.54) is 0 Å². The number of cyclic esters (lactones) is 1. The summed E-state index contributed by atoms with van der Waals surface area (Å²) in [5, 5.41) is 2.11. The molecule has 1 amide bonds. The maximum atomic E-state index is 13.1. The summed E-state index contributed by atoms with van der Waals surface area (Å²) in [6.07, 6.45) is 0. The van der Waals surface area contributed by atoms with Crippen LogP contribution in [0.3, 0.4) is 0 Å². The molecule has 1 aliphatic rings. The topological polar surface area (TPSA) is 74.3 Å². The standard InChI is InChI=1S/C23H27NO6/c1-18-17-29-13-12-27-10-8-24(9-11-28-14-15-30-23(18)26)22(25)21-7-6-19-4-2-3-5-20(19)16-21/h2-7,16H,1,8-15,17H2. The van der Waals surface area contributed by atoms with Gasteiger partial charge in [0.1, 0.15) is 6.61 Å². The van der Waals surface area contributed by atoms with Gasteiger partial charge in [-0.1, -0.05) is 36.9 Å². The van der Waals surface area contributed by atoms with Crippen LogP contribution in [0.2, 0.25) is 0 Å². The van der Waals surface area contributed by atoms with Crippen LogP contribution in [0.15, 0.2) is 54.6 Å². The van der Waals surface area contributed by atoms with Gasteiger partial charge in [0.05, 0.1) is 45.2 Å². The van der Waals surface area contributed by atoms with E-state index in [1.54, 1.807) is 4.90 Å². The molecule has 7 nitrogen and oxygen atoms in total. The Hall–Kier alpha value is -2.74. The van der Waals surface area contributed by atoms with E-state index in [1.807, 2.05) is 42.5 Å². The van der Waals surface area contributed by atoms with Crippen molar-refractivity contribution in [2.75, 3.05) is 59.3 Å². The van der Waals surface area contributed by atoms with E-state index in [0.717, 1.165) is 10.8 Å². The number of nitrogens with zero attached hydrogens (tertiary/aromatic N) is 1. The predicted molar refractivity (Wildman–Crippen MR) is 112 cm³/mol. The lowest BCUT2D eigenvalue weighted by molar-refractivity contribution is -0.141. The Bertz CT molecular complexity index is 881. The maximum absolute atomic E-state index is 13.1. The van der Waals surface area contributed by atoms with Crippen molar-refractivity contribution in [3.63, 3.8) is 0 Å². The van der Waals surface area contributed by atoms with Crippen molar-refractivity contribution in [2.45, 2.75) is 0 Å². The van der Waals surface area contributed by atoms with Crippen LogP contribution in [0.1, 0.15) is 10.4 Å². The van der Waals surface area contributed by atoms with E-state index in [-0.39, 0.29) is 31.3 Å². The molecule has 2 aromatic rings. The number of carbonyl (C=O) groups is 2. The second-order valence-electron chi connectivity index (χ2n) is 6.87. The summed E-state index contributed by atoms with van der Waals surface area (Å²) >= 11 is 0. The van der Waals surface area contributed by atoms with Crippen LogP contribution < -0.4 is 0 Å². The van der Waals surface area contributed by atoms with Crippen LogP contribution in [0.25, 0.3) is 10.8 Å². The number of carbonyl (C=O) groups excluding carboxylic acids is 2. The number of amides is 1. The highest BCUT2D eigenvalue weighted by molar-refractivity contribution is 5.98. The van der Waals surface area contributed by atoms with Gasteiger partial charge in [-0.2, -0.15) is 0 Å². The van der Waals surface area contributed by atoms with Crippen molar-refractivity contribution >= 4 is 22.6 Å². The number of hydrogen-bond acceptors (Lipinski definition) is 6. The van der Waals surface area contributed by atoms with Gasteiger partial charge < -0.3 is 23.8 Å². The molecule has 1 heterocycles. The van der Waals surface area contributed by atoms with Gasteiger partial charge in [-0.25, -0.2) is 4.79 Å². The lowest BCUT2D eigenvalue weighted by Crippen LogP contribution is -2.37. The first-order valence-corrected chi connectivity index (χ1v) is 10.0. The normalized spacial score (nSPS) is 18.2. The zero-order chi connectivity index (χ0) is 21.2. The van der Waals surface area contributed by atoms with Gasteiger partial charge in [-0.15, -0.1) is 0 Å². The van der Waals surface area contributed by atoms with Crippen LogP contribution in [-0.2, 0) is 23.7 Å². The van der Waals surface area contributed by atoms with Crippen LogP contribution in [0.5, 0.6) is 0 Å². The molecule has 0 atom stereocenters. The largest absolute Gasteiger partial charge is 0.460 e. The average Bonchev–Trinajstić information content (AvgIpc) is 2.77.